The average molecular weight is 353 g/mol. The first-order valence-corrected chi connectivity index (χ1v) is 9.98. The zero-order valence-corrected chi connectivity index (χ0v) is 15.5. The Balaban J connectivity index is 1.64. The molecular formula is C21H27N3O2. The van der Waals surface area contributed by atoms with Crippen molar-refractivity contribution >= 4 is 16.8 Å². The van der Waals surface area contributed by atoms with Crippen LogP contribution < -0.4 is 10.9 Å². The summed E-state index contributed by atoms with van der Waals surface area (Å²) in [6.45, 7) is 2.96. The summed E-state index contributed by atoms with van der Waals surface area (Å²) in [4.78, 5) is 30.2. The van der Waals surface area contributed by atoms with Crippen molar-refractivity contribution in [3.8, 4) is 0 Å². The molecular weight excluding hydrogens is 326 g/mol. The molecule has 1 aliphatic heterocycles. The average Bonchev–Trinajstić information content (AvgIpc) is 2.89. The second-order valence-electron chi connectivity index (χ2n) is 7.87. The van der Waals surface area contributed by atoms with E-state index in [2.05, 4.69) is 12.2 Å². The van der Waals surface area contributed by atoms with Crippen molar-refractivity contribution in [2.45, 2.75) is 70.9 Å². The molecule has 1 aromatic carbocycles. The van der Waals surface area contributed by atoms with E-state index in [-0.39, 0.29) is 17.5 Å². The summed E-state index contributed by atoms with van der Waals surface area (Å²) in [5.41, 5.74) is 1.27. The van der Waals surface area contributed by atoms with Crippen molar-refractivity contribution in [3.05, 3.63) is 39.9 Å². The van der Waals surface area contributed by atoms with Crippen molar-refractivity contribution in [2.24, 2.45) is 5.92 Å². The Bertz CT molecular complexity index is 887. The standard InChI is InChI=1S/C21H27N3O2/c1-14-7-4-5-8-17(14)23-20(25)15-10-11-16-18(13-15)22-19-9-3-2-6-12-24(19)21(16)26/h10-11,13-14,17H,2-9,12H2,1H3,(H,23,25)/t14-,17-/m1/s1. The molecule has 0 spiro atoms. The lowest BCUT2D eigenvalue weighted by Gasteiger charge is -2.29. The van der Waals surface area contributed by atoms with Crippen LogP contribution >= 0.6 is 0 Å². The van der Waals surface area contributed by atoms with Gasteiger partial charge in [0.05, 0.1) is 10.9 Å². The molecule has 2 aliphatic rings. The van der Waals surface area contributed by atoms with Crippen LogP contribution in [0.3, 0.4) is 0 Å². The van der Waals surface area contributed by atoms with Crippen LogP contribution in [0.25, 0.3) is 10.9 Å². The van der Waals surface area contributed by atoms with E-state index < -0.39 is 0 Å². The summed E-state index contributed by atoms with van der Waals surface area (Å²) in [5.74, 6) is 1.33. The van der Waals surface area contributed by atoms with Gasteiger partial charge in [-0.25, -0.2) is 4.98 Å². The van der Waals surface area contributed by atoms with Crippen molar-refractivity contribution in [3.63, 3.8) is 0 Å². The van der Waals surface area contributed by atoms with Gasteiger partial charge in [0.15, 0.2) is 0 Å². The fourth-order valence-corrected chi connectivity index (χ4v) is 4.34. The summed E-state index contributed by atoms with van der Waals surface area (Å²) in [6.07, 6.45) is 8.71. The third-order valence-corrected chi connectivity index (χ3v) is 6.01. The lowest BCUT2D eigenvalue weighted by Crippen LogP contribution is -2.41. The van der Waals surface area contributed by atoms with Crippen LogP contribution in [0.15, 0.2) is 23.0 Å². The quantitative estimate of drug-likeness (QED) is 0.899. The van der Waals surface area contributed by atoms with Crippen LogP contribution in [0, 0.1) is 5.92 Å². The molecule has 1 saturated carbocycles. The number of benzene rings is 1. The first-order chi connectivity index (χ1) is 12.6. The molecule has 26 heavy (non-hydrogen) atoms. The highest BCUT2D eigenvalue weighted by Crippen LogP contribution is 2.24. The van der Waals surface area contributed by atoms with Crippen molar-refractivity contribution in [2.75, 3.05) is 0 Å². The van der Waals surface area contributed by atoms with Crippen LogP contribution in [0.5, 0.6) is 0 Å². The van der Waals surface area contributed by atoms with Gasteiger partial charge in [-0.3, -0.25) is 14.2 Å². The Morgan fingerprint density at radius 3 is 2.85 bits per heavy atom. The number of hydrogen-bond donors (Lipinski definition) is 1. The highest BCUT2D eigenvalue weighted by molar-refractivity contribution is 5.97. The number of nitrogens with one attached hydrogen (secondary N) is 1. The molecule has 0 unspecified atom stereocenters. The molecule has 2 aromatic rings. The van der Waals surface area contributed by atoms with Crippen molar-refractivity contribution in [1.82, 2.24) is 14.9 Å². The molecule has 5 nitrogen and oxygen atoms in total. The van der Waals surface area contributed by atoms with E-state index in [9.17, 15) is 9.59 Å². The largest absolute Gasteiger partial charge is 0.349 e. The predicted octanol–water partition coefficient (Wildman–Crippen LogP) is 3.43. The number of carbonyl (C=O) groups is 1. The Hall–Kier alpha value is -2.17. The smallest absolute Gasteiger partial charge is 0.261 e. The number of nitrogens with zero attached hydrogens (tertiary/aromatic N) is 2. The third kappa shape index (κ3) is 3.27. The van der Waals surface area contributed by atoms with Crippen LogP contribution in [-0.4, -0.2) is 21.5 Å². The maximum atomic E-state index is 12.8. The number of hydrogen-bond acceptors (Lipinski definition) is 3. The Kier molecular flexibility index (Phi) is 4.79. The SMILES string of the molecule is C[C@@H]1CCCC[C@H]1NC(=O)c1ccc2c(=O)n3c(nc2c1)CCCCC3. The van der Waals surface area contributed by atoms with Crippen LogP contribution in [0.2, 0.25) is 0 Å². The summed E-state index contributed by atoms with van der Waals surface area (Å²) in [6, 6.07) is 5.56. The van der Waals surface area contributed by atoms with E-state index in [1.54, 1.807) is 18.2 Å². The summed E-state index contributed by atoms with van der Waals surface area (Å²) < 4.78 is 1.82. The summed E-state index contributed by atoms with van der Waals surface area (Å²) in [7, 11) is 0. The van der Waals surface area contributed by atoms with E-state index in [1.807, 2.05) is 4.57 Å². The first kappa shape index (κ1) is 17.3. The number of fused-ring (bicyclic) bond motifs is 2. The van der Waals surface area contributed by atoms with Crippen LogP contribution in [0.4, 0.5) is 0 Å². The monoisotopic (exact) mass is 353 g/mol. The van der Waals surface area contributed by atoms with Crippen LogP contribution in [0.1, 0.15) is 68.1 Å². The highest BCUT2D eigenvalue weighted by Gasteiger charge is 2.23. The van der Waals surface area contributed by atoms with Gasteiger partial charge in [-0.1, -0.05) is 26.2 Å². The normalized spacial score (nSPS) is 23.3. The minimum atomic E-state index is -0.0532. The minimum absolute atomic E-state index is 0.0276. The number of amides is 1. The summed E-state index contributed by atoms with van der Waals surface area (Å²) >= 11 is 0. The molecule has 1 fully saturated rings. The first-order valence-electron chi connectivity index (χ1n) is 9.98. The van der Waals surface area contributed by atoms with E-state index in [0.29, 0.717) is 22.4 Å². The molecule has 1 N–H and O–H groups in total. The zero-order valence-electron chi connectivity index (χ0n) is 15.5. The van der Waals surface area contributed by atoms with Gasteiger partial charge < -0.3 is 5.32 Å². The Labute approximate surface area is 153 Å². The lowest BCUT2D eigenvalue weighted by atomic mass is 9.86. The van der Waals surface area contributed by atoms with Gasteiger partial charge >= 0.3 is 0 Å². The number of carbonyl (C=O) groups excluding carboxylic acids is 1. The highest BCUT2D eigenvalue weighted by atomic mass is 16.1. The Morgan fingerprint density at radius 1 is 1.15 bits per heavy atom. The van der Waals surface area contributed by atoms with Crippen LogP contribution in [-0.2, 0) is 13.0 Å². The number of rotatable bonds is 2. The maximum Gasteiger partial charge on any atom is 0.261 e. The zero-order chi connectivity index (χ0) is 18.1. The fraction of sp³-hybridized carbons (Fsp3) is 0.571. The van der Waals surface area contributed by atoms with Crippen molar-refractivity contribution in [1.29, 1.82) is 0 Å². The van der Waals surface area contributed by atoms with E-state index in [0.717, 1.165) is 44.5 Å². The molecule has 0 radical (unpaired) electrons. The van der Waals surface area contributed by atoms with Gasteiger partial charge in [-0.05, 0) is 49.8 Å². The third-order valence-electron chi connectivity index (χ3n) is 6.01. The van der Waals surface area contributed by atoms with Gasteiger partial charge in [0.2, 0.25) is 0 Å². The molecule has 1 aromatic heterocycles. The second kappa shape index (κ2) is 7.22. The molecule has 4 rings (SSSR count). The molecule has 138 valence electrons. The maximum absolute atomic E-state index is 12.8. The number of aromatic nitrogens is 2. The van der Waals surface area contributed by atoms with E-state index >= 15 is 0 Å². The fourth-order valence-electron chi connectivity index (χ4n) is 4.34. The predicted molar refractivity (Wildman–Crippen MR) is 102 cm³/mol. The van der Waals surface area contributed by atoms with Gasteiger partial charge in [-0.2, -0.15) is 0 Å². The van der Waals surface area contributed by atoms with Crippen molar-refractivity contribution < 1.29 is 4.79 Å². The van der Waals surface area contributed by atoms with Gasteiger partial charge in [-0.15, -0.1) is 0 Å². The molecule has 0 saturated heterocycles. The second-order valence-corrected chi connectivity index (χ2v) is 7.87. The molecule has 2 heterocycles. The molecule has 5 heteroatoms. The van der Waals surface area contributed by atoms with E-state index in [1.165, 1.54) is 19.3 Å². The van der Waals surface area contributed by atoms with Gasteiger partial charge in [0.1, 0.15) is 5.82 Å². The minimum Gasteiger partial charge on any atom is -0.349 e. The lowest BCUT2D eigenvalue weighted by molar-refractivity contribution is 0.0910. The number of aryl methyl sites for hydroxylation is 1. The summed E-state index contributed by atoms with van der Waals surface area (Å²) in [5, 5.41) is 3.80. The van der Waals surface area contributed by atoms with Gasteiger partial charge in [0, 0.05) is 24.6 Å². The van der Waals surface area contributed by atoms with E-state index in [4.69, 9.17) is 4.98 Å². The molecule has 1 amide bonds. The molecule has 2 atom stereocenters. The molecule has 1 aliphatic carbocycles. The Morgan fingerprint density at radius 2 is 2.00 bits per heavy atom. The molecule has 0 bridgehead atoms. The van der Waals surface area contributed by atoms with Gasteiger partial charge in [0.25, 0.3) is 11.5 Å². The topological polar surface area (TPSA) is 64.0 Å².